The highest BCUT2D eigenvalue weighted by molar-refractivity contribution is 14.1. The minimum atomic E-state index is -0.0393. The van der Waals surface area contributed by atoms with Crippen molar-refractivity contribution in [3.63, 3.8) is 0 Å². The van der Waals surface area contributed by atoms with E-state index in [0.717, 1.165) is 19.2 Å². The Morgan fingerprint density at radius 2 is 1.86 bits per heavy atom. The van der Waals surface area contributed by atoms with Crippen molar-refractivity contribution in [2.75, 3.05) is 6.61 Å². The normalized spacial score (nSPS) is 12.3. The van der Waals surface area contributed by atoms with Crippen LogP contribution in [0.1, 0.15) is 22.9 Å². The summed E-state index contributed by atoms with van der Waals surface area (Å²) in [6.45, 7) is 2.46. The first kappa shape index (κ1) is 17.9. The highest BCUT2D eigenvalue weighted by Crippen LogP contribution is 2.42. The van der Waals surface area contributed by atoms with E-state index in [1.807, 2.05) is 19.1 Å². The zero-order valence-corrected chi connectivity index (χ0v) is 17.8. The first-order valence-electron chi connectivity index (χ1n) is 6.14. The molecule has 0 aliphatic carbocycles. The number of halogens is 5. The van der Waals surface area contributed by atoms with Crippen molar-refractivity contribution < 1.29 is 4.74 Å². The van der Waals surface area contributed by atoms with Gasteiger partial charge in [-0.15, -0.1) is 0 Å². The van der Waals surface area contributed by atoms with Gasteiger partial charge in [-0.05, 0) is 64.9 Å². The van der Waals surface area contributed by atoms with Gasteiger partial charge in [-0.25, -0.2) is 0 Å². The van der Waals surface area contributed by atoms with Crippen LogP contribution in [0.15, 0.2) is 34.8 Å². The topological polar surface area (TPSA) is 9.23 Å². The molecule has 112 valence electrons. The van der Waals surface area contributed by atoms with Gasteiger partial charge >= 0.3 is 0 Å². The highest BCUT2D eigenvalue weighted by atomic mass is 127. The fourth-order valence-electron chi connectivity index (χ4n) is 1.88. The number of benzene rings is 2. The summed E-state index contributed by atoms with van der Waals surface area (Å²) in [5.41, 5.74) is 2.05. The van der Waals surface area contributed by atoms with E-state index in [4.69, 9.17) is 27.9 Å². The van der Waals surface area contributed by atoms with Crippen LogP contribution in [0.25, 0.3) is 0 Å². The molecule has 0 heterocycles. The van der Waals surface area contributed by atoms with Crippen LogP contribution in [0.5, 0.6) is 5.75 Å². The van der Waals surface area contributed by atoms with Crippen molar-refractivity contribution in [3.05, 3.63) is 59.5 Å². The zero-order chi connectivity index (χ0) is 15.6. The Morgan fingerprint density at radius 1 is 1.14 bits per heavy atom. The van der Waals surface area contributed by atoms with Crippen molar-refractivity contribution in [3.8, 4) is 5.75 Å². The second-order valence-corrected chi connectivity index (χ2v) is 8.07. The van der Waals surface area contributed by atoms with E-state index in [0.29, 0.717) is 22.4 Å². The molecule has 1 atom stereocenters. The van der Waals surface area contributed by atoms with Crippen LogP contribution < -0.4 is 4.74 Å². The Bertz CT molecular complexity index is 664. The van der Waals surface area contributed by atoms with Gasteiger partial charge < -0.3 is 4.74 Å². The van der Waals surface area contributed by atoms with Gasteiger partial charge in [0.2, 0.25) is 0 Å². The van der Waals surface area contributed by atoms with Crippen molar-refractivity contribution >= 4 is 77.7 Å². The molecule has 0 spiro atoms. The van der Waals surface area contributed by atoms with Gasteiger partial charge in [0.05, 0.1) is 16.5 Å². The van der Waals surface area contributed by atoms with Crippen LogP contribution in [0.4, 0.5) is 0 Å². The molecule has 0 amide bonds. The summed E-state index contributed by atoms with van der Waals surface area (Å²) < 4.78 is 7.64. The van der Waals surface area contributed by atoms with Crippen molar-refractivity contribution in [1.29, 1.82) is 0 Å². The average molecular weight is 565 g/mol. The summed E-state index contributed by atoms with van der Waals surface area (Å²) in [5, 5.41) is 1.19. The smallest absolute Gasteiger partial charge is 0.139 e. The van der Waals surface area contributed by atoms with Crippen LogP contribution >= 0.6 is 77.7 Å². The van der Waals surface area contributed by atoms with E-state index in [1.165, 1.54) is 0 Å². The van der Waals surface area contributed by atoms with E-state index in [9.17, 15) is 0 Å². The van der Waals surface area contributed by atoms with Crippen LogP contribution in [0.2, 0.25) is 10.0 Å². The molecule has 21 heavy (non-hydrogen) atoms. The van der Waals surface area contributed by atoms with E-state index >= 15 is 0 Å². The van der Waals surface area contributed by atoms with Gasteiger partial charge in [-0.1, -0.05) is 55.1 Å². The molecule has 1 nitrogen and oxygen atoms in total. The fourth-order valence-corrected chi connectivity index (χ4v) is 4.71. The van der Waals surface area contributed by atoms with Gasteiger partial charge in [0.15, 0.2) is 0 Å². The third kappa shape index (κ3) is 4.28. The Kier molecular flexibility index (Phi) is 6.69. The largest absolute Gasteiger partial charge is 0.492 e. The molecule has 0 aliphatic rings. The standard InChI is InChI=1S/C15H11Br2Cl2IO/c1-2-21-14-7-11(18)9(6-12(14)19)15(17)10-5-8(16)3-4-13(10)20/h3-7,15H,2H2,1H3. The first-order chi connectivity index (χ1) is 9.93. The number of alkyl halides is 1. The van der Waals surface area contributed by atoms with Gasteiger partial charge in [-0.3, -0.25) is 0 Å². The maximum Gasteiger partial charge on any atom is 0.139 e. The minimum absolute atomic E-state index is 0.0393. The first-order valence-corrected chi connectivity index (χ1v) is 9.69. The Hall–Kier alpha value is 0.510. The summed E-state index contributed by atoms with van der Waals surface area (Å²) in [6.07, 6.45) is 0. The molecule has 0 aromatic heterocycles. The molecule has 2 aromatic rings. The predicted octanol–water partition coefficient (Wildman–Crippen LogP) is 7.24. The second kappa shape index (κ2) is 7.86. The van der Waals surface area contributed by atoms with E-state index in [-0.39, 0.29) is 4.83 Å². The molecule has 0 fully saturated rings. The fraction of sp³-hybridized carbons (Fsp3) is 0.200. The van der Waals surface area contributed by atoms with Crippen LogP contribution in [0.3, 0.4) is 0 Å². The summed E-state index contributed by atoms with van der Waals surface area (Å²) in [7, 11) is 0. The third-order valence-corrected chi connectivity index (χ3v) is 5.94. The van der Waals surface area contributed by atoms with Crippen molar-refractivity contribution in [2.45, 2.75) is 11.8 Å². The predicted molar refractivity (Wildman–Crippen MR) is 105 cm³/mol. The molecule has 6 heteroatoms. The maximum absolute atomic E-state index is 6.39. The zero-order valence-electron chi connectivity index (χ0n) is 11.0. The number of hydrogen-bond donors (Lipinski definition) is 0. The van der Waals surface area contributed by atoms with Gasteiger partial charge in [-0.2, -0.15) is 0 Å². The lowest BCUT2D eigenvalue weighted by atomic mass is 10.0. The molecule has 0 aliphatic heterocycles. The van der Waals surface area contributed by atoms with E-state index < -0.39 is 0 Å². The molecule has 0 bridgehead atoms. The molecule has 0 saturated heterocycles. The Labute approximate surface area is 164 Å². The van der Waals surface area contributed by atoms with Gasteiger partial charge in [0.25, 0.3) is 0 Å². The van der Waals surface area contributed by atoms with Crippen LogP contribution in [-0.4, -0.2) is 6.61 Å². The van der Waals surface area contributed by atoms with Gasteiger partial charge in [0.1, 0.15) is 5.75 Å². The lowest BCUT2D eigenvalue weighted by Crippen LogP contribution is -1.99. The SMILES string of the molecule is CCOc1cc(Cl)c(C(Br)c2cc(Br)ccc2I)cc1Cl. The monoisotopic (exact) mass is 562 g/mol. The molecule has 1 unspecified atom stereocenters. The Balaban J connectivity index is 2.46. The van der Waals surface area contributed by atoms with E-state index in [2.05, 4.69) is 66.6 Å². The second-order valence-electron chi connectivity index (χ2n) is 4.27. The van der Waals surface area contributed by atoms with Crippen LogP contribution in [-0.2, 0) is 0 Å². The summed E-state index contributed by atoms with van der Waals surface area (Å²) in [5.74, 6) is 0.608. The van der Waals surface area contributed by atoms with Crippen molar-refractivity contribution in [2.24, 2.45) is 0 Å². The molecular formula is C15H11Br2Cl2IO. The quantitative estimate of drug-likeness (QED) is 0.281. The number of hydrogen-bond acceptors (Lipinski definition) is 1. The van der Waals surface area contributed by atoms with Crippen LogP contribution in [0, 0.1) is 3.57 Å². The Morgan fingerprint density at radius 3 is 2.52 bits per heavy atom. The molecule has 2 rings (SSSR count). The third-order valence-electron chi connectivity index (χ3n) is 2.86. The highest BCUT2D eigenvalue weighted by Gasteiger charge is 2.19. The van der Waals surface area contributed by atoms with E-state index in [1.54, 1.807) is 6.07 Å². The molecule has 0 N–H and O–H groups in total. The maximum atomic E-state index is 6.39. The average Bonchev–Trinajstić information content (AvgIpc) is 2.44. The summed E-state index contributed by atoms with van der Waals surface area (Å²) >= 11 is 22.2. The lowest BCUT2D eigenvalue weighted by Gasteiger charge is -2.17. The van der Waals surface area contributed by atoms with Crippen molar-refractivity contribution in [1.82, 2.24) is 0 Å². The lowest BCUT2D eigenvalue weighted by molar-refractivity contribution is 0.340. The molecule has 2 aromatic carbocycles. The minimum Gasteiger partial charge on any atom is -0.492 e. The summed E-state index contributed by atoms with van der Waals surface area (Å²) in [4.78, 5) is -0.0393. The molecular weight excluding hydrogens is 554 g/mol. The number of ether oxygens (including phenoxy) is 1. The molecule has 0 radical (unpaired) electrons. The molecule has 0 saturated carbocycles. The summed E-state index contributed by atoms with van der Waals surface area (Å²) in [6, 6.07) is 9.76. The number of rotatable bonds is 4. The van der Waals surface area contributed by atoms with Gasteiger partial charge in [0, 0.05) is 19.1 Å².